The molecule has 0 unspecified atom stereocenters. The number of thiophene rings is 1. The van der Waals surface area contributed by atoms with E-state index in [4.69, 9.17) is 0 Å². The van der Waals surface area contributed by atoms with Crippen LogP contribution < -0.4 is 10.9 Å². The van der Waals surface area contributed by atoms with Crippen LogP contribution in [0.1, 0.15) is 16.9 Å². The summed E-state index contributed by atoms with van der Waals surface area (Å²) in [5, 5.41) is 3.49. The molecular weight excluding hydrogens is 384 g/mol. The third-order valence-electron chi connectivity index (χ3n) is 4.74. The van der Waals surface area contributed by atoms with Gasteiger partial charge in [-0.25, -0.2) is 4.98 Å². The zero-order chi connectivity index (χ0) is 20.2. The Morgan fingerprint density at radius 1 is 1.14 bits per heavy atom. The first-order chi connectivity index (χ1) is 14.1. The summed E-state index contributed by atoms with van der Waals surface area (Å²) < 4.78 is 1.52. The number of amides is 1. The Balaban J connectivity index is 1.53. The zero-order valence-corrected chi connectivity index (χ0v) is 16.8. The summed E-state index contributed by atoms with van der Waals surface area (Å²) >= 11 is 1.52. The van der Waals surface area contributed by atoms with Gasteiger partial charge < -0.3 is 5.32 Å². The molecule has 0 atom stereocenters. The standard InChI is InChI=1S/C22H20N4O2S/c1-15-19(17-5-3-2-4-6-17)20-21(29-15)25-14-26(22(20)28)12-9-18(27)24-13-16-7-10-23-11-8-16/h2-8,10-11,14H,9,12-13H2,1H3,(H,24,27). The third kappa shape index (κ3) is 4.09. The van der Waals surface area contributed by atoms with E-state index >= 15 is 0 Å². The Morgan fingerprint density at radius 2 is 1.90 bits per heavy atom. The van der Waals surface area contributed by atoms with Crippen molar-refractivity contribution in [2.24, 2.45) is 0 Å². The first-order valence-corrected chi connectivity index (χ1v) is 10.1. The lowest BCUT2D eigenvalue weighted by atomic mass is 10.0. The highest BCUT2D eigenvalue weighted by molar-refractivity contribution is 7.19. The van der Waals surface area contributed by atoms with Gasteiger partial charge in [0.25, 0.3) is 5.56 Å². The number of hydrogen-bond acceptors (Lipinski definition) is 5. The van der Waals surface area contributed by atoms with Gasteiger partial charge in [-0.1, -0.05) is 30.3 Å². The van der Waals surface area contributed by atoms with Crippen LogP contribution in [0.4, 0.5) is 0 Å². The Hall–Kier alpha value is -3.32. The molecule has 4 rings (SSSR count). The van der Waals surface area contributed by atoms with Gasteiger partial charge >= 0.3 is 0 Å². The van der Waals surface area contributed by atoms with Crippen LogP contribution in [-0.4, -0.2) is 20.4 Å². The molecule has 6 nitrogen and oxygen atoms in total. The molecular formula is C22H20N4O2S. The Labute approximate surface area is 171 Å². The fourth-order valence-electron chi connectivity index (χ4n) is 3.26. The van der Waals surface area contributed by atoms with Gasteiger partial charge in [0.2, 0.25) is 5.91 Å². The van der Waals surface area contributed by atoms with E-state index in [1.807, 2.05) is 49.4 Å². The second-order valence-corrected chi connectivity index (χ2v) is 7.91. The minimum absolute atomic E-state index is 0.111. The van der Waals surface area contributed by atoms with Gasteiger partial charge in [-0.05, 0) is 30.2 Å². The number of carbonyl (C=O) groups is 1. The average Bonchev–Trinajstić information content (AvgIpc) is 3.10. The molecule has 7 heteroatoms. The van der Waals surface area contributed by atoms with E-state index in [9.17, 15) is 9.59 Å². The molecule has 3 aromatic heterocycles. The van der Waals surface area contributed by atoms with E-state index < -0.39 is 0 Å². The topological polar surface area (TPSA) is 76.9 Å². The van der Waals surface area contributed by atoms with E-state index in [1.165, 1.54) is 22.2 Å². The maximum Gasteiger partial charge on any atom is 0.262 e. The summed E-state index contributed by atoms with van der Waals surface area (Å²) in [4.78, 5) is 35.5. The molecule has 0 bridgehead atoms. The van der Waals surface area contributed by atoms with Crippen LogP contribution in [0.5, 0.6) is 0 Å². The minimum Gasteiger partial charge on any atom is -0.352 e. The molecule has 0 aliphatic heterocycles. The number of aryl methyl sites for hydroxylation is 2. The predicted octanol–water partition coefficient (Wildman–Crippen LogP) is 3.53. The highest BCUT2D eigenvalue weighted by atomic mass is 32.1. The molecule has 0 saturated heterocycles. The largest absolute Gasteiger partial charge is 0.352 e. The summed E-state index contributed by atoms with van der Waals surface area (Å²) in [6, 6.07) is 13.6. The Morgan fingerprint density at radius 3 is 2.66 bits per heavy atom. The van der Waals surface area contributed by atoms with Crippen molar-refractivity contribution in [1.29, 1.82) is 0 Å². The monoisotopic (exact) mass is 404 g/mol. The quantitative estimate of drug-likeness (QED) is 0.533. The summed E-state index contributed by atoms with van der Waals surface area (Å²) in [6.07, 6.45) is 5.12. The van der Waals surface area contributed by atoms with E-state index in [1.54, 1.807) is 12.4 Å². The van der Waals surface area contributed by atoms with Crippen molar-refractivity contribution >= 4 is 27.5 Å². The first kappa shape index (κ1) is 19.0. The lowest BCUT2D eigenvalue weighted by Crippen LogP contribution is -2.27. The van der Waals surface area contributed by atoms with Gasteiger partial charge in [0.15, 0.2) is 0 Å². The highest BCUT2D eigenvalue weighted by Crippen LogP contribution is 2.35. The SMILES string of the molecule is Cc1sc2ncn(CCC(=O)NCc3ccncc3)c(=O)c2c1-c1ccccc1. The summed E-state index contributed by atoms with van der Waals surface area (Å²) in [6.45, 7) is 2.73. The maximum absolute atomic E-state index is 13.1. The molecule has 4 aromatic rings. The van der Waals surface area contributed by atoms with Gasteiger partial charge in [0.05, 0.1) is 11.7 Å². The van der Waals surface area contributed by atoms with Crippen molar-refractivity contribution in [3.63, 3.8) is 0 Å². The maximum atomic E-state index is 13.1. The summed E-state index contributed by atoms with van der Waals surface area (Å²) in [7, 11) is 0. The van der Waals surface area contributed by atoms with Gasteiger partial charge in [0.1, 0.15) is 4.83 Å². The molecule has 146 valence electrons. The molecule has 0 fully saturated rings. The minimum atomic E-state index is -0.112. The first-order valence-electron chi connectivity index (χ1n) is 9.33. The number of nitrogens with one attached hydrogen (secondary N) is 1. The van der Waals surface area contributed by atoms with Crippen molar-refractivity contribution in [2.45, 2.75) is 26.4 Å². The highest BCUT2D eigenvalue weighted by Gasteiger charge is 2.17. The second-order valence-electron chi connectivity index (χ2n) is 6.70. The normalized spacial score (nSPS) is 10.9. The van der Waals surface area contributed by atoms with Crippen LogP contribution in [-0.2, 0) is 17.9 Å². The average molecular weight is 404 g/mol. The number of benzene rings is 1. The number of aromatic nitrogens is 3. The smallest absolute Gasteiger partial charge is 0.262 e. The molecule has 0 spiro atoms. The van der Waals surface area contributed by atoms with Crippen molar-refractivity contribution < 1.29 is 4.79 Å². The fourth-order valence-corrected chi connectivity index (χ4v) is 4.26. The molecule has 0 saturated carbocycles. The van der Waals surface area contributed by atoms with E-state index in [0.29, 0.717) is 11.9 Å². The summed E-state index contributed by atoms with van der Waals surface area (Å²) in [5.74, 6) is -0.112. The Kier molecular flexibility index (Phi) is 5.48. The Bertz CT molecular complexity index is 1200. The molecule has 1 amide bonds. The lowest BCUT2D eigenvalue weighted by Gasteiger charge is -2.08. The van der Waals surface area contributed by atoms with Crippen molar-refractivity contribution in [1.82, 2.24) is 19.9 Å². The fraction of sp³-hybridized carbons (Fsp3) is 0.182. The lowest BCUT2D eigenvalue weighted by molar-refractivity contribution is -0.121. The van der Waals surface area contributed by atoms with Crippen molar-refractivity contribution in [3.05, 3.63) is 82.0 Å². The van der Waals surface area contributed by atoms with E-state index in [0.717, 1.165) is 26.4 Å². The number of carbonyl (C=O) groups excluding carboxylic acids is 1. The van der Waals surface area contributed by atoms with E-state index in [-0.39, 0.29) is 24.4 Å². The van der Waals surface area contributed by atoms with Crippen LogP contribution in [0.15, 0.2) is 66.0 Å². The molecule has 1 N–H and O–H groups in total. The number of rotatable bonds is 6. The summed E-state index contributed by atoms with van der Waals surface area (Å²) in [5.41, 5.74) is 2.80. The van der Waals surface area contributed by atoms with Crippen LogP contribution in [0.3, 0.4) is 0 Å². The zero-order valence-electron chi connectivity index (χ0n) is 16.0. The van der Waals surface area contributed by atoms with Crippen LogP contribution >= 0.6 is 11.3 Å². The molecule has 29 heavy (non-hydrogen) atoms. The van der Waals surface area contributed by atoms with Crippen molar-refractivity contribution in [2.75, 3.05) is 0 Å². The predicted molar refractivity (Wildman–Crippen MR) is 115 cm³/mol. The van der Waals surface area contributed by atoms with Gasteiger partial charge in [-0.2, -0.15) is 0 Å². The number of pyridine rings is 1. The van der Waals surface area contributed by atoms with Gasteiger partial charge in [0, 0.05) is 42.3 Å². The van der Waals surface area contributed by atoms with Crippen LogP contribution in [0.2, 0.25) is 0 Å². The second kappa shape index (κ2) is 8.36. The third-order valence-corrected chi connectivity index (χ3v) is 5.75. The van der Waals surface area contributed by atoms with Crippen LogP contribution in [0, 0.1) is 6.92 Å². The number of hydrogen-bond donors (Lipinski definition) is 1. The molecule has 0 aliphatic carbocycles. The molecule has 3 heterocycles. The van der Waals surface area contributed by atoms with Crippen LogP contribution in [0.25, 0.3) is 21.3 Å². The van der Waals surface area contributed by atoms with E-state index in [2.05, 4.69) is 15.3 Å². The molecule has 1 aromatic carbocycles. The van der Waals surface area contributed by atoms with Gasteiger partial charge in [-0.3, -0.25) is 19.1 Å². The number of fused-ring (bicyclic) bond motifs is 1. The molecule has 0 aliphatic rings. The van der Waals surface area contributed by atoms with Gasteiger partial charge in [-0.15, -0.1) is 11.3 Å². The molecule has 0 radical (unpaired) electrons. The van der Waals surface area contributed by atoms with Crippen molar-refractivity contribution in [3.8, 4) is 11.1 Å². The number of nitrogens with zero attached hydrogens (tertiary/aromatic N) is 3.